The SMILES string of the molecule is COCC(C)OCC(O)CNCC1COCCO1. The van der Waals surface area contributed by atoms with Crippen LogP contribution in [0.4, 0.5) is 0 Å². The van der Waals surface area contributed by atoms with Crippen LogP contribution in [0.15, 0.2) is 0 Å². The summed E-state index contributed by atoms with van der Waals surface area (Å²) in [7, 11) is 1.63. The van der Waals surface area contributed by atoms with Gasteiger partial charge in [0.15, 0.2) is 0 Å². The molecule has 3 unspecified atom stereocenters. The lowest BCUT2D eigenvalue weighted by Crippen LogP contribution is -2.41. The van der Waals surface area contributed by atoms with Crippen LogP contribution in [0.3, 0.4) is 0 Å². The predicted molar refractivity (Wildman–Crippen MR) is 66.7 cm³/mol. The third-order valence-corrected chi connectivity index (χ3v) is 2.61. The molecule has 0 bridgehead atoms. The highest BCUT2D eigenvalue weighted by Gasteiger charge is 2.14. The van der Waals surface area contributed by atoms with E-state index in [-0.39, 0.29) is 12.2 Å². The Bertz CT molecular complexity index is 199. The lowest BCUT2D eigenvalue weighted by atomic mass is 10.3. The molecule has 3 atom stereocenters. The van der Waals surface area contributed by atoms with Crippen molar-refractivity contribution in [2.75, 3.05) is 53.2 Å². The van der Waals surface area contributed by atoms with Crippen LogP contribution >= 0.6 is 0 Å². The van der Waals surface area contributed by atoms with Gasteiger partial charge in [-0.25, -0.2) is 0 Å². The number of rotatable bonds is 9. The van der Waals surface area contributed by atoms with Gasteiger partial charge >= 0.3 is 0 Å². The van der Waals surface area contributed by atoms with Crippen LogP contribution in [-0.2, 0) is 18.9 Å². The third-order valence-electron chi connectivity index (χ3n) is 2.61. The molecule has 0 aromatic rings. The van der Waals surface area contributed by atoms with Crippen molar-refractivity contribution in [3.63, 3.8) is 0 Å². The maximum atomic E-state index is 9.70. The Morgan fingerprint density at radius 3 is 2.89 bits per heavy atom. The quantitative estimate of drug-likeness (QED) is 0.579. The van der Waals surface area contributed by atoms with Crippen molar-refractivity contribution in [3.8, 4) is 0 Å². The molecule has 6 nitrogen and oxygen atoms in total. The van der Waals surface area contributed by atoms with Gasteiger partial charge in [-0.15, -0.1) is 0 Å². The summed E-state index contributed by atoms with van der Waals surface area (Å²) in [6, 6.07) is 0. The van der Waals surface area contributed by atoms with Gasteiger partial charge in [-0.2, -0.15) is 0 Å². The number of methoxy groups -OCH3 is 1. The summed E-state index contributed by atoms with van der Waals surface area (Å²) >= 11 is 0. The van der Waals surface area contributed by atoms with E-state index < -0.39 is 6.10 Å². The van der Waals surface area contributed by atoms with Crippen molar-refractivity contribution in [1.29, 1.82) is 0 Å². The first-order chi connectivity index (χ1) is 8.72. The molecule has 18 heavy (non-hydrogen) atoms. The summed E-state index contributed by atoms with van der Waals surface area (Å²) in [5, 5.41) is 12.8. The molecule has 1 aliphatic heterocycles. The smallest absolute Gasteiger partial charge is 0.0933 e. The second kappa shape index (κ2) is 9.66. The van der Waals surface area contributed by atoms with Crippen LogP contribution in [0.1, 0.15) is 6.92 Å². The van der Waals surface area contributed by atoms with Crippen molar-refractivity contribution in [2.24, 2.45) is 0 Å². The van der Waals surface area contributed by atoms with Crippen LogP contribution in [0.25, 0.3) is 0 Å². The standard InChI is InChI=1S/C12H25NO5/c1-10(7-15-2)18-8-11(14)5-13-6-12-9-16-3-4-17-12/h10-14H,3-9H2,1-2H3. The molecule has 108 valence electrons. The molecule has 1 heterocycles. The van der Waals surface area contributed by atoms with E-state index in [9.17, 15) is 5.11 Å². The maximum Gasteiger partial charge on any atom is 0.0933 e. The van der Waals surface area contributed by atoms with Crippen LogP contribution in [0.5, 0.6) is 0 Å². The summed E-state index contributed by atoms with van der Waals surface area (Å²) in [4.78, 5) is 0. The van der Waals surface area contributed by atoms with Gasteiger partial charge in [-0.3, -0.25) is 0 Å². The summed E-state index contributed by atoms with van der Waals surface area (Å²) in [5.74, 6) is 0. The minimum atomic E-state index is -0.520. The average molecular weight is 263 g/mol. The van der Waals surface area contributed by atoms with Crippen molar-refractivity contribution in [3.05, 3.63) is 0 Å². The first-order valence-corrected chi connectivity index (χ1v) is 6.41. The zero-order valence-electron chi connectivity index (χ0n) is 11.3. The highest BCUT2D eigenvalue weighted by Crippen LogP contribution is 1.99. The molecular weight excluding hydrogens is 238 g/mol. The summed E-state index contributed by atoms with van der Waals surface area (Å²) in [5.41, 5.74) is 0. The maximum absolute atomic E-state index is 9.70. The van der Waals surface area contributed by atoms with E-state index in [2.05, 4.69) is 5.32 Å². The minimum Gasteiger partial charge on any atom is -0.389 e. The first-order valence-electron chi connectivity index (χ1n) is 6.41. The van der Waals surface area contributed by atoms with Gasteiger partial charge in [0, 0.05) is 20.2 Å². The number of aliphatic hydroxyl groups excluding tert-OH is 1. The molecule has 1 fully saturated rings. The van der Waals surface area contributed by atoms with Gasteiger partial charge in [0.25, 0.3) is 0 Å². The third kappa shape index (κ3) is 7.25. The molecule has 1 aliphatic rings. The van der Waals surface area contributed by atoms with E-state index in [0.717, 1.165) is 0 Å². The Balaban J connectivity index is 1.97. The molecule has 6 heteroatoms. The number of nitrogens with one attached hydrogen (secondary N) is 1. The fourth-order valence-electron chi connectivity index (χ4n) is 1.68. The Labute approximate surface area is 109 Å². The lowest BCUT2D eigenvalue weighted by Gasteiger charge is -2.24. The van der Waals surface area contributed by atoms with E-state index in [0.29, 0.717) is 46.1 Å². The fourth-order valence-corrected chi connectivity index (χ4v) is 1.68. The van der Waals surface area contributed by atoms with Crippen molar-refractivity contribution in [1.82, 2.24) is 5.32 Å². The Morgan fingerprint density at radius 2 is 2.22 bits per heavy atom. The monoisotopic (exact) mass is 263 g/mol. The van der Waals surface area contributed by atoms with Crippen molar-refractivity contribution >= 4 is 0 Å². The topological polar surface area (TPSA) is 69.2 Å². The van der Waals surface area contributed by atoms with Gasteiger partial charge in [-0.1, -0.05) is 0 Å². The van der Waals surface area contributed by atoms with Gasteiger partial charge in [0.2, 0.25) is 0 Å². The molecular formula is C12H25NO5. The van der Waals surface area contributed by atoms with E-state index in [1.54, 1.807) is 7.11 Å². The van der Waals surface area contributed by atoms with E-state index in [1.165, 1.54) is 0 Å². The first kappa shape index (κ1) is 15.8. The molecule has 1 rings (SSSR count). The number of ether oxygens (including phenoxy) is 4. The molecule has 0 aromatic heterocycles. The Kier molecular flexibility index (Phi) is 8.49. The molecule has 0 radical (unpaired) electrons. The molecule has 0 spiro atoms. The largest absolute Gasteiger partial charge is 0.389 e. The van der Waals surface area contributed by atoms with Crippen LogP contribution < -0.4 is 5.32 Å². The van der Waals surface area contributed by atoms with Crippen LogP contribution in [-0.4, -0.2) is 76.7 Å². The second-order valence-electron chi connectivity index (χ2n) is 4.48. The number of aliphatic hydroxyl groups is 1. The van der Waals surface area contributed by atoms with Gasteiger partial charge in [-0.05, 0) is 6.92 Å². The average Bonchev–Trinajstić information content (AvgIpc) is 2.38. The number of hydrogen-bond acceptors (Lipinski definition) is 6. The zero-order valence-corrected chi connectivity index (χ0v) is 11.3. The summed E-state index contributed by atoms with van der Waals surface area (Å²) < 4.78 is 21.1. The van der Waals surface area contributed by atoms with Crippen LogP contribution in [0.2, 0.25) is 0 Å². The normalized spacial score (nSPS) is 23.8. The van der Waals surface area contributed by atoms with E-state index >= 15 is 0 Å². The summed E-state index contributed by atoms with van der Waals surface area (Å²) in [6.45, 7) is 5.86. The Hall–Kier alpha value is -0.240. The highest BCUT2D eigenvalue weighted by molar-refractivity contribution is 4.67. The molecule has 2 N–H and O–H groups in total. The minimum absolute atomic E-state index is 0.000252. The zero-order chi connectivity index (χ0) is 13.2. The second-order valence-corrected chi connectivity index (χ2v) is 4.48. The lowest BCUT2D eigenvalue weighted by molar-refractivity contribution is -0.0875. The molecule has 0 saturated carbocycles. The molecule has 0 amide bonds. The van der Waals surface area contributed by atoms with Crippen LogP contribution in [0, 0.1) is 0 Å². The van der Waals surface area contributed by atoms with Crippen molar-refractivity contribution in [2.45, 2.75) is 25.2 Å². The van der Waals surface area contributed by atoms with Gasteiger partial charge in [0.1, 0.15) is 0 Å². The van der Waals surface area contributed by atoms with Gasteiger partial charge in [0.05, 0.1) is 51.3 Å². The van der Waals surface area contributed by atoms with E-state index in [4.69, 9.17) is 18.9 Å². The predicted octanol–water partition coefficient (Wildman–Crippen LogP) is -0.596. The van der Waals surface area contributed by atoms with Gasteiger partial charge < -0.3 is 29.4 Å². The van der Waals surface area contributed by atoms with Crippen molar-refractivity contribution < 1.29 is 24.1 Å². The summed E-state index contributed by atoms with van der Waals surface area (Å²) in [6.07, 6.45) is -0.437. The molecule has 0 aliphatic carbocycles. The molecule has 1 saturated heterocycles. The fraction of sp³-hybridized carbons (Fsp3) is 1.00. The Morgan fingerprint density at radius 1 is 1.39 bits per heavy atom. The molecule has 0 aromatic carbocycles. The highest BCUT2D eigenvalue weighted by atomic mass is 16.6. The number of hydrogen-bond donors (Lipinski definition) is 2. The van der Waals surface area contributed by atoms with E-state index in [1.807, 2.05) is 6.92 Å².